The van der Waals surface area contributed by atoms with Gasteiger partial charge in [-0.25, -0.2) is 15.8 Å². The number of halogens is 1. The van der Waals surface area contributed by atoms with Gasteiger partial charge in [-0.05, 0) is 24.3 Å². The number of nitrogens with two attached hydrogens (primary N) is 1. The standard InChI is InChI=1S/C13H16ClN5/c1-8(2)13-17-11(7-12(18-13)19-15)16-10-5-3-9(14)4-6-10/h3-8H,15H2,1-2H3,(H2,16,17,18,19). The first-order valence-electron chi connectivity index (χ1n) is 5.96. The maximum absolute atomic E-state index is 5.85. The third-order valence-electron chi connectivity index (χ3n) is 2.52. The number of aromatic nitrogens is 2. The quantitative estimate of drug-likeness (QED) is 0.591. The lowest BCUT2D eigenvalue weighted by atomic mass is 10.2. The lowest BCUT2D eigenvalue weighted by Gasteiger charge is -2.11. The Kier molecular flexibility index (Phi) is 4.19. The van der Waals surface area contributed by atoms with Gasteiger partial charge in [-0.15, -0.1) is 0 Å². The van der Waals surface area contributed by atoms with E-state index in [2.05, 4.69) is 20.7 Å². The van der Waals surface area contributed by atoms with Crippen molar-refractivity contribution in [1.82, 2.24) is 9.97 Å². The molecule has 100 valence electrons. The Hall–Kier alpha value is -1.85. The zero-order valence-electron chi connectivity index (χ0n) is 10.8. The molecule has 0 bridgehead atoms. The van der Waals surface area contributed by atoms with Crippen LogP contribution in [0.3, 0.4) is 0 Å². The number of hydrazine groups is 1. The molecule has 2 aromatic rings. The molecule has 0 aliphatic rings. The van der Waals surface area contributed by atoms with E-state index in [0.29, 0.717) is 16.7 Å². The predicted molar refractivity (Wildman–Crippen MR) is 78.7 cm³/mol. The summed E-state index contributed by atoms with van der Waals surface area (Å²) in [7, 11) is 0. The minimum atomic E-state index is 0.221. The van der Waals surface area contributed by atoms with Crippen LogP contribution in [0.5, 0.6) is 0 Å². The smallest absolute Gasteiger partial charge is 0.145 e. The Bertz CT molecular complexity index is 553. The number of nitrogens with one attached hydrogen (secondary N) is 2. The Balaban J connectivity index is 2.28. The third-order valence-corrected chi connectivity index (χ3v) is 2.78. The lowest BCUT2D eigenvalue weighted by molar-refractivity contribution is 0.777. The second kappa shape index (κ2) is 5.86. The zero-order chi connectivity index (χ0) is 13.8. The molecule has 0 aliphatic heterocycles. The molecule has 0 amide bonds. The monoisotopic (exact) mass is 277 g/mol. The average molecular weight is 278 g/mol. The van der Waals surface area contributed by atoms with Crippen LogP contribution >= 0.6 is 11.6 Å². The van der Waals surface area contributed by atoms with Crippen LogP contribution in [0.25, 0.3) is 0 Å². The Morgan fingerprint density at radius 1 is 1.11 bits per heavy atom. The summed E-state index contributed by atoms with van der Waals surface area (Å²) in [5, 5.41) is 3.89. The van der Waals surface area contributed by atoms with E-state index in [4.69, 9.17) is 17.4 Å². The van der Waals surface area contributed by atoms with E-state index in [0.717, 1.165) is 11.5 Å². The van der Waals surface area contributed by atoms with Gasteiger partial charge in [0.15, 0.2) is 0 Å². The van der Waals surface area contributed by atoms with Crippen molar-refractivity contribution < 1.29 is 0 Å². The van der Waals surface area contributed by atoms with Crippen molar-refractivity contribution in [3.63, 3.8) is 0 Å². The van der Waals surface area contributed by atoms with Gasteiger partial charge in [-0.2, -0.15) is 0 Å². The molecule has 0 radical (unpaired) electrons. The van der Waals surface area contributed by atoms with Gasteiger partial charge in [-0.3, -0.25) is 0 Å². The van der Waals surface area contributed by atoms with Crippen molar-refractivity contribution in [2.75, 3.05) is 10.7 Å². The average Bonchev–Trinajstić information content (AvgIpc) is 2.41. The van der Waals surface area contributed by atoms with E-state index < -0.39 is 0 Å². The predicted octanol–water partition coefficient (Wildman–Crippen LogP) is 3.28. The molecule has 0 saturated carbocycles. The van der Waals surface area contributed by atoms with Gasteiger partial charge in [0.25, 0.3) is 0 Å². The van der Waals surface area contributed by atoms with E-state index in [1.54, 1.807) is 6.07 Å². The largest absolute Gasteiger partial charge is 0.340 e. The number of nitrogens with zero attached hydrogens (tertiary/aromatic N) is 2. The summed E-state index contributed by atoms with van der Waals surface area (Å²) in [6.07, 6.45) is 0. The van der Waals surface area contributed by atoms with Crippen LogP contribution < -0.4 is 16.6 Å². The van der Waals surface area contributed by atoms with Gasteiger partial charge in [0, 0.05) is 22.7 Å². The molecule has 0 aliphatic carbocycles. The normalized spacial score (nSPS) is 10.6. The summed E-state index contributed by atoms with van der Waals surface area (Å²) >= 11 is 5.85. The molecular formula is C13H16ClN5. The SMILES string of the molecule is CC(C)c1nc(NN)cc(Nc2ccc(Cl)cc2)n1. The highest BCUT2D eigenvalue weighted by Crippen LogP contribution is 2.21. The van der Waals surface area contributed by atoms with E-state index >= 15 is 0 Å². The molecule has 1 aromatic carbocycles. The Morgan fingerprint density at radius 2 is 1.74 bits per heavy atom. The van der Waals surface area contributed by atoms with Crippen LogP contribution in [-0.2, 0) is 0 Å². The molecule has 0 fully saturated rings. The van der Waals surface area contributed by atoms with Crippen LogP contribution in [0.15, 0.2) is 30.3 Å². The van der Waals surface area contributed by atoms with E-state index in [9.17, 15) is 0 Å². The van der Waals surface area contributed by atoms with E-state index in [1.165, 1.54) is 0 Å². The number of rotatable bonds is 4. The molecule has 0 spiro atoms. The second-order valence-corrected chi connectivity index (χ2v) is 4.86. The van der Waals surface area contributed by atoms with Crippen LogP contribution in [-0.4, -0.2) is 9.97 Å². The first kappa shape index (κ1) is 13.6. The topological polar surface area (TPSA) is 75.9 Å². The van der Waals surface area contributed by atoms with Gasteiger partial charge in [0.05, 0.1) is 0 Å². The van der Waals surface area contributed by atoms with Crippen molar-refractivity contribution in [2.24, 2.45) is 5.84 Å². The number of nitrogen functional groups attached to an aromatic ring is 1. The molecule has 1 aromatic heterocycles. The lowest BCUT2D eigenvalue weighted by Crippen LogP contribution is -2.12. The third kappa shape index (κ3) is 3.56. The molecule has 0 saturated heterocycles. The van der Waals surface area contributed by atoms with Gasteiger partial charge in [-0.1, -0.05) is 25.4 Å². The molecule has 0 unspecified atom stereocenters. The van der Waals surface area contributed by atoms with Gasteiger partial charge >= 0.3 is 0 Å². The first-order chi connectivity index (χ1) is 9.08. The highest BCUT2D eigenvalue weighted by molar-refractivity contribution is 6.30. The molecular weight excluding hydrogens is 262 g/mol. The summed E-state index contributed by atoms with van der Waals surface area (Å²) in [5.41, 5.74) is 3.45. The molecule has 19 heavy (non-hydrogen) atoms. The van der Waals surface area contributed by atoms with Crippen LogP contribution in [0.4, 0.5) is 17.3 Å². The van der Waals surface area contributed by atoms with Gasteiger partial charge in [0.2, 0.25) is 0 Å². The van der Waals surface area contributed by atoms with Crippen LogP contribution in [0, 0.1) is 0 Å². The van der Waals surface area contributed by atoms with Crippen LogP contribution in [0.2, 0.25) is 5.02 Å². The minimum Gasteiger partial charge on any atom is -0.340 e. The fourth-order valence-electron chi connectivity index (χ4n) is 1.54. The fourth-order valence-corrected chi connectivity index (χ4v) is 1.67. The van der Waals surface area contributed by atoms with Crippen molar-refractivity contribution in [3.8, 4) is 0 Å². The fraction of sp³-hybridized carbons (Fsp3) is 0.231. The van der Waals surface area contributed by atoms with Crippen molar-refractivity contribution in [3.05, 3.63) is 41.2 Å². The highest BCUT2D eigenvalue weighted by Gasteiger charge is 2.07. The number of hydrogen-bond donors (Lipinski definition) is 3. The van der Waals surface area contributed by atoms with Crippen LogP contribution in [0.1, 0.15) is 25.6 Å². The van der Waals surface area contributed by atoms with Gasteiger partial charge in [0.1, 0.15) is 17.5 Å². The summed E-state index contributed by atoms with van der Waals surface area (Å²) in [6, 6.07) is 9.15. The molecule has 0 atom stereocenters. The van der Waals surface area contributed by atoms with Crippen molar-refractivity contribution in [1.29, 1.82) is 0 Å². The van der Waals surface area contributed by atoms with E-state index in [-0.39, 0.29) is 5.92 Å². The summed E-state index contributed by atoms with van der Waals surface area (Å²) in [6.45, 7) is 4.06. The number of anilines is 3. The van der Waals surface area contributed by atoms with Crippen molar-refractivity contribution in [2.45, 2.75) is 19.8 Å². The zero-order valence-corrected chi connectivity index (χ0v) is 11.6. The molecule has 6 heteroatoms. The number of hydrogen-bond acceptors (Lipinski definition) is 5. The van der Waals surface area contributed by atoms with Crippen molar-refractivity contribution >= 4 is 28.9 Å². The van der Waals surface area contributed by atoms with E-state index in [1.807, 2.05) is 38.1 Å². The molecule has 5 nitrogen and oxygen atoms in total. The Labute approximate surface area is 117 Å². The maximum atomic E-state index is 5.85. The number of benzene rings is 1. The maximum Gasteiger partial charge on any atom is 0.145 e. The summed E-state index contributed by atoms with van der Waals surface area (Å²) < 4.78 is 0. The first-order valence-corrected chi connectivity index (χ1v) is 6.34. The second-order valence-electron chi connectivity index (χ2n) is 4.43. The molecule has 1 heterocycles. The van der Waals surface area contributed by atoms with Gasteiger partial charge < -0.3 is 10.7 Å². The Morgan fingerprint density at radius 3 is 2.32 bits per heavy atom. The highest BCUT2D eigenvalue weighted by atomic mass is 35.5. The summed E-state index contributed by atoms with van der Waals surface area (Å²) in [4.78, 5) is 8.75. The molecule has 4 N–H and O–H groups in total. The molecule has 2 rings (SSSR count). The minimum absolute atomic E-state index is 0.221. The summed E-state index contributed by atoms with van der Waals surface area (Å²) in [5.74, 6) is 7.63.